The van der Waals surface area contributed by atoms with Gasteiger partial charge in [-0.1, -0.05) is 42.5 Å². The van der Waals surface area contributed by atoms with E-state index in [-0.39, 0.29) is 0 Å². The van der Waals surface area contributed by atoms with Crippen molar-refractivity contribution in [3.63, 3.8) is 0 Å². The highest BCUT2D eigenvalue weighted by molar-refractivity contribution is 7.79. The topological polar surface area (TPSA) is 20.2 Å². The van der Waals surface area contributed by atoms with E-state index < -0.39 is 6.10 Å². The Morgan fingerprint density at radius 3 is 2.40 bits per heavy atom. The summed E-state index contributed by atoms with van der Waals surface area (Å²) in [6.07, 6.45) is -0.601. The van der Waals surface area contributed by atoms with Gasteiger partial charge in [-0.2, -0.15) is 0 Å². The van der Waals surface area contributed by atoms with E-state index in [0.29, 0.717) is 0 Å². The number of thiocarbonyl (C=S) groups is 1. The zero-order chi connectivity index (χ0) is 7.40. The summed E-state index contributed by atoms with van der Waals surface area (Å²) in [5.41, 5.74) is 0.845. The maximum absolute atomic E-state index is 9.17. The smallest absolute Gasteiger partial charge is 0.107 e. The van der Waals surface area contributed by atoms with Crippen molar-refractivity contribution in [3.8, 4) is 0 Å². The lowest BCUT2D eigenvalue weighted by atomic mass is 10.1. The van der Waals surface area contributed by atoms with Crippen molar-refractivity contribution in [1.29, 1.82) is 0 Å². The number of hydrogen-bond acceptors (Lipinski definition) is 2. The Morgan fingerprint density at radius 2 is 1.90 bits per heavy atom. The van der Waals surface area contributed by atoms with Crippen LogP contribution < -0.4 is 0 Å². The molecule has 1 aromatic carbocycles. The number of aliphatic hydroxyl groups excluding tert-OH is 1. The Hall–Kier alpha value is -0.730. The van der Waals surface area contributed by atoms with Crippen molar-refractivity contribution >= 4 is 17.6 Å². The van der Waals surface area contributed by atoms with Gasteiger partial charge in [-0.05, 0) is 5.56 Å². The molecule has 1 N–H and O–H groups in total. The molecule has 1 rings (SSSR count). The highest BCUT2D eigenvalue weighted by Crippen LogP contribution is 2.08. The fraction of sp³-hybridized carbons (Fsp3) is 0.125. The summed E-state index contributed by atoms with van der Waals surface area (Å²) in [6.45, 7) is 0. The molecule has 1 unspecified atom stereocenters. The largest absolute Gasteiger partial charge is 0.383 e. The maximum atomic E-state index is 9.17. The Kier molecular flexibility index (Phi) is 2.54. The Labute approximate surface area is 65.3 Å². The standard InChI is InChI=1S/C8H8OS/c9-8(6-10)7-4-2-1-3-5-7/h1-6,8-9H. The second kappa shape index (κ2) is 3.44. The van der Waals surface area contributed by atoms with Gasteiger partial charge in [0, 0.05) is 5.37 Å². The fourth-order valence-corrected chi connectivity index (χ4v) is 0.886. The third kappa shape index (κ3) is 1.62. The lowest BCUT2D eigenvalue weighted by Crippen LogP contribution is -1.95. The minimum Gasteiger partial charge on any atom is -0.383 e. The van der Waals surface area contributed by atoms with E-state index in [1.807, 2.05) is 30.3 Å². The molecular formula is C8H8OS. The fourth-order valence-electron chi connectivity index (χ4n) is 0.729. The van der Waals surface area contributed by atoms with Crippen LogP contribution in [0, 0.1) is 0 Å². The van der Waals surface area contributed by atoms with Crippen LogP contribution in [0.5, 0.6) is 0 Å². The number of benzene rings is 1. The van der Waals surface area contributed by atoms with Gasteiger partial charge in [0.2, 0.25) is 0 Å². The predicted octanol–water partition coefficient (Wildman–Crippen LogP) is 1.72. The molecule has 1 nitrogen and oxygen atoms in total. The SMILES string of the molecule is OC(C=S)c1ccccc1. The molecule has 0 aliphatic rings. The van der Waals surface area contributed by atoms with E-state index in [1.54, 1.807) is 0 Å². The van der Waals surface area contributed by atoms with Crippen molar-refractivity contribution < 1.29 is 5.11 Å². The second-order valence-corrected chi connectivity index (χ2v) is 2.26. The minimum atomic E-state index is -0.601. The summed E-state index contributed by atoms with van der Waals surface area (Å²) in [7, 11) is 0. The maximum Gasteiger partial charge on any atom is 0.107 e. The zero-order valence-corrected chi connectivity index (χ0v) is 6.21. The summed E-state index contributed by atoms with van der Waals surface area (Å²) in [4.78, 5) is 0. The average molecular weight is 152 g/mol. The predicted molar refractivity (Wildman–Crippen MR) is 45.1 cm³/mol. The van der Waals surface area contributed by atoms with E-state index in [9.17, 15) is 0 Å². The van der Waals surface area contributed by atoms with Gasteiger partial charge >= 0.3 is 0 Å². The highest BCUT2D eigenvalue weighted by atomic mass is 32.1. The number of rotatable bonds is 2. The van der Waals surface area contributed by atoms with E-state index in [1.165, 1.54) is 5.37 Å². The number of hydrogen-bond donors (Lipinski definition) is 1. The monoisotopic (exact) mass is 152 g/mol. The molecule has 0 aliphatic heterocycles. The molecule has 0 saturated heterocycles. The lowest BCUT2D eigenvalue weighted by molar-refractivity contribution is 0.255. The van der Waals surface area contributed by atoms with Crippen molar-refractivity contribution in [2.75, 3.05) is 0 Å². The molecule has 0 amide bonds. The summed E-state index contributed by atoms with van der Waals surface area (Å²) in [5.74, 6) is 0. The first kappa shape index (κ1) is 7.38. The molecular weight excluding hydrogens is 144 g/mol. The summed E-state index contributed by atoms with van der Waals surface area (Å²) >= 11 is 4.58. The summed E-state index contributed by atoms with van der Waals surface area (Å²) < 4.78 is 0. The summed E-state index contributed by atoms with van der Waals surface area (Å²) in [5, 5.41) is 10.5. The normalized spacial score (nSPS) is 12.5. The van der Waals surface area contributed by atoms with Crippen LogP contribution in [0.2, 0.25) is 0 Å². The van der Waals surface area contributed by atoms with Crippen molar-refractivity contribution in [1.82, 2.24) is 0 Å². The molecule has 0 aliphatic carbocycles. The summed E-state index contributed by atoms with van der Waals surface area (Å²) in [6, 6.07) is 9.33. The van der Waals surface area contributed by atoms with E-state index in [2.05, 4.69) is 12.2 Å². The molecule has 52 valence electrons. The molecule has 1 aromatic rings. The minimum absolute atomic E-state index is 0.601. The molecule has 0 saturated carbocycles. The van der Waals surface area contributed by atoms with Crippen LogP contribution in [0.4, 0.5) is 0 Å². The molecule has 0 spiro atoms. The molecule has 2 heteroatoms. The van der Waals surface area contributed by atoms with Gasteiger partial charge in [-0.3, -0.25) is 0 Å². The molecule has 0 heterocycles. The molecule has 0 bridgehead atoms. The molecule has 10 heavy (non-hydrogen) atoms. The Bertz CT molecular complexity index is 208. The molecule has 1 atom stereocenters. The van der Waals surface area contributed by atoms with Gasteiger partial charge in [0.25, 0.3) is 0 Å². The van der Waals surface area contributed by atoms with E-state index >= 15 is 0 Å². The number of aliphatic hydroxyl groups is 1. The first-order valence-corrected chi connectivity index (χ1v) is 3.50. The Morgan fingerprint density at radius 1 is 1.30 bits per heavy atom. The Balaban J connectivity index is 2.84. The van der Waals surface area contributed by atoms with Gasteiger partial charge in [0.15, 0.2) is 0 Å². The lowest BCUT2D eigenvalue weighted by Gasteiger charge is -2.01. The van der Waals surface area contributed by atoms with Crippen LogP contribution in [-0.2, 0) is 0 Å². The molecule has 0 radical (unpaired) electrons. The third-order valence-electron chi connectivity index (χ3n) is 1.27. The van der Waals surface area contributed by atoms with Gasteiger partial charge < -0.3 is 5.11 Å². The van der Waals surface area contributed by atoms with Gasteiger partial charge in [-0.15, -0.1) is 0 Å². The third-order valence-corrected chi connectivity index (χ3v) is 1.53. The van der Waals surface area contributed by atoms with Crippen LogP contribution >= 0.6 is 12.2 Å². The van der Waals surface area contributed by atoms with Gasteiger partial charge in [-0.25, -0.2) is 0 Å². The van der Waals surface area contributed by atoms with Crippen LogP contribution in [0.15, 0.2) is 30.3 Å². The average Bonchev–Trinajstić information content (AvgIpc) is 2.05. The quantitative estimate of drug-likeness (QED) is 0.651. The highest BCUT2D eigenvalue weighted by Gasteiger charge is 1.99. The zero-order valence-electron chi connectivity index (χ0n) is 5.40. The second-order valence-electron chi connectivity index (χ2n) is 1.99. The van der Waals surface area contributed by atoms with Crippen LogP contribution in [-0.4, -0.2) is 10.5 Å². The van der Waals surface area contributed by atoms with Crippen LogP contribution in [0.1, 0.15) is 11.7 Å². The molecule has 0 aromatic heterocycles. The van der Waals surface area contributed by atoms with E-state index in [4.69, 9.17) is 5.11 Å². The van der Waals surface area contributed by atoms with E-state index in [0.717, 1.165) is 5.56 Å². The first-order valence-electron chi connectivity index (χ1n) is 3.03. The van der Waals surface area contributed by atoms with Crippen LogP contribution in [0.25, 0.3) is 0 Å². The van der Waals surface area contributed by atoms with Crippen molar-refractivity contribution in [3.05, 3.63) is 35.9 Å². The van der Waals surface area contributed by atoms with Crippen LogP contribution in [0.3, 0.4) is 0 Å². The van der Waals surface area contributed by atoms with Gasteiger partial charge in [0.1, 0.15) is 6.10 Å². The van der Waals surface area contributed by atoms with Crippen molar-refractivity contribution in [2.24, 2.45) is 0 Å². The van der Waals surface area contributed by atoms with Gasteiger partial charge in [0.05, 0.1) is 0 Å². The molecule has 0 fully saturated rings. The van der Waals surface area contributed by atoms with Crippen molar-refractivity contribution in [2.45, 2.75) is 6.10 Å². The first-order chi connectivity index (χ1) is 4.84.